The van der Waals surface area contributed by atoms with Gasteiger partial charge in [-0.05, 0) is 12.1 Å². The van der Waals surface area contributed by atoms with Crippen LogP contribution in [0.2, 0.25) is 0 Å². The molecule has 0 spiro atoms. The molecule has 20 heavy (non-hydrogen) atoms. The molecule has 5 N–H and O–H groups in total. The van der Waals surface area contributed by atoms with Gasteiger partial charge in [0.2, 0.25) is 0 Å². The summed E-state index contributed by atoms with van der Waals surface area (Å²) >= 11 is 0. The van der Waals surface area contributed by atoms with Crippen molar-refractivity contribution in [3.63, 3.8) is 0 Å². The van der Waals surface area contributed by atoms with Crippen LogP contribution in [-0.2, 0) is 0 Å². The van der Waals surface area contributed by atoms with E-state index in [9.17, 15) is 18.4 Å². The van der Waals surface area contributed by atoms with E-state index in [0.717, 1.165) is 18.2 Å². The number of aromatic amines is 1. The third-order valence-corrected chi connectivity index (χ3v) is 2.42. The first-order valence-corrected chi connectivity index (χ1v) is 5.34. The van der Waals surface area contributed by atoms with E-state index in [1.54, 1.807) is 0 Å². The number of benzene rings is 1. The highest BCUT2D eigenvalue weighted by atomic mass is 19.1. The van der Waals surface area contributed by atoms with Crippen LogP contribution in [-0.4, -0.2) is 22.0 Å². The summed E-state index contributed by atoms with van der Waals surface area (Å²) in [7, 11) is 0. The fraction of sp³-hybridized carbons (Fsp3) is 0. The highest BCUT2D eigenvalue weighted by Gasteiger charge is 2.20. The van der Waals surface area contributed by atoms with E-state index in [4.69, 9.17) is 5.84 Å². The van der Waals surface area contributed by atoms with Crippen molar-refractivity contribution in [2.45, 2.75) is 0 Å². The van der Waals surface area contributed by atoms with Gasteiger partial charge in [-0.15, -0.1) is 0 Å². The van der Waals surface area contributed by atoms with Crippen molar-refractivity contribution in [1.29, 1.82) is 0 Å². The second-order valence-electron chi connectivity index (χ2n) is 3.67. The summed E-state index contributed by atoms with van der Waals surface area (Å²) in [6.45, 7) is 0. The molecule has 1 aromatic heterocycles. The third-order valence-electron chi connectivity index (χ3n) is 2.42. The summed E-state index contributed by atoms with van der Waals surface area (Å²) in [5.74, 6) is 1.08. The predicted octanol–water partition coefficient (Wildman–Crippen LogP) is 0.544. The lowest BCUT2D eigenvalue weighted by Gasteiger charge is -2.06. The molecule has 7 nitrogen and oxygen atoms in total. The lowest BCUT2D eigenvalue weighted by Crippen LogP contribution is -2.31. The maximum Gasteiger partial charge on any atom is 0.287 e. The van der Waals surface area contributed by atoms with Gasteiger partial charge < -0.3 is 5.32 Å². The molecule has 0 saturated carbocycles. The molecule has 0 aliphatic heterocycles. The van der Waals surface area contributed by atoms with Crippen LogP contribution < -0.4 is 16.6 Å². The van der Waals surface area contributed by atoms with Gasteiger partial charge in [-0.1, -0.05) is 6.07 Å². The van der Waals surface area contributed by atoms with Crippen molar-refractivity contribution in [1.82, 2.24) is 15.6 Å². The minimum absolute atomic E-state index is 0.0550. The summed E-state index contributed by atoms with van der Waals surface area (Å²) in [5.41, 5.74) is 0.800. The predicted molar refractivity (Wildman–Crippen MR) is 64.6 cm³/mol. The van der Waals surface area contributed by atoms with E-state index in [1.807, 2.05) is 5.43 Å². The number of nitrogens with zero attached hydrogens (tertiary/aromatic N) is 1. The van der Waals surface area contributed by atoms with Crippen LogP contribution in [0.25, 0.3) is 0 Å². The number of anilines is 1. The number of hydrogen-bond acceptors (Lipinski definition) is 4. The molecule has 0 aliphatic carbocycles. The highest BCUT2D eigenvalue weighted by Crippen LogP contribution is 2.16. The summed E-state index contributed by atoms with van der Waals surface area (Å²) in [6.07, 6.45) is 1.18. The van der Waals surface area contributed by atoms with Gasteiger partial charge in [0.1, 0.15) is 17.2 Å². The SMILES string of the molecule is NNC(=O)c1n[nH]cc1NC(=O)c1c(F)cccc1F. The zero-order valence-electron chi connectivity index (χ0n) is 9.91. The summed E-state index contributed by atoms with van der Waals surface area (Å²) in [6, 6.07) is 3.02. The Kier molecular flexibility index (Phi) is 3.71. The Balaban J connectivity index is 2.29. The van der Waals surface area contributed by atoms with Crippen molar-refractivity contribution >= 4 is 17.5 Å². The quantitative estimate of drug-likeness (QED) is 0.373. The monoisotopic (exact) mass is 281 g/mol. The van der Waals surface area contributed by atoms with Crippen molar-refractivity contribution in [2.24, 2.45) is 5.84 Å². The van der Waals surface area contributed by atoms with Gasteiger partial charge in [-0.25, -0.2) is 14.6 Å². The van der Waals surface area contributed by atoms with Crippen molar-refractivity contribution in [3.05, 3.63) is 47.3 Å². The van der Waals surface area contributed by atoms with E-state index in [-0.39, 0.29) is 11.4 Å². The van der Waals surface area contributed by atoms with Crippen LogP contribution in [0, 0.1) is 11.6 Å². The molecule has 1 aromatic carbocycles. The maximum absolute atomic E-state index is 13.4. The van der Waals surface area contributed by atoms with E-state index in [1.165, 1.54) is 6.20 Å². The number of hydrogen-bond donors (Lipinski definition) is 4. The molecule has 2 aromatic rings. The molecule has 0 fully saturated rings. The molecule has 0 saturated heterocycles. The number of nitrogens with one attached hydrogen (secondary N) is 3. The van der Waals surface area contributed by atoms with Crippen molar-refractivity contribution in [2.75, 3.05) is 5.32 Å². The number of halogens is 2. The van der Waals surface area contributed by atoms with E-state index < -0.39 is 29.0 Å². The third kappa shape index (κ3) is 2.47. The van der Waals surface area contributed by atoms with Crippen LogP contribution in [0.3, 0.4) is 0 Å². The Labute approximate surface area is 111 Å². The number of hydrazine groups is 1. The smallest absolute Gasteiger partial charge is 0.287 e. The Hall–Kier alpha value is -2.81. The average molecular weight is 281 g/mol. The zero-order valence-corrected chi connectivity index (χ0v) is 9.91. The number of carbonyl (C=O) groups excluding carboxylic acids is 2. The number of H-pyrrole nitrogens is 1. The van der Waals surface area contributed by atoms with Crippen LogP contribution >= 0.6 is 0 Å². The normalized spacial score (nSPS) is 10.2. The van der Waals surface area contributed by atoms with Crippen LogP contribution in [0.15, 0.2) is 24.4 Å². The number of rotatable bonds is 3. The molecule has 0 radical (unpaired) electrons. The molecule has 1 heterocycles. The Morgan fingerprint density at radius 3 is 2.45 bits per heavy atom. The lowest BCUT2D eigenvalue weighted by atomic mass is 10.2. The molecule has 2 rings (SSSR count). The zero-order chi connectivity index (χ0) is 14.7. The first-order chi connectivity index (χ1) is 9.54. The maximum atomic E-state index is 13.4. The van der Waals surface area contributed by atoms with E-state index in [0.29, 0.717) is 0 Å². The molecule has 2 amide bonds. The first-order valence-electron chi connectivity index (χ1n) is 5.34. The molecular weight excluding hydrogens is 272 g/mol. The van der Waals surface area contributed by atoms with E-state index in [2.05, 4.69) is 15.5 Å². The molecule has 104 valence electrons. The largest absolute Gasteiger partial charge is 0.318 e. The molecule has 0 bridgehead atoms. The summed E-state index contributed by atoms with van der Waals surface area (Å²) in [5, 5.41) is 8.06. The second-order valence-corrected chi connectivity index (χ2v) is 3.67. The summed E-state index contributed by atoms with van der Waals surface area (Å²) < 4.78 is 26.9. The number of aromatic nitrogens is 2. The highest BCUT2D eigenvalue weighted by molar-refractivity contribution is 6.08. The Morgan fingerprint density at radius 1 is 1.20 bits per heavy atom. The van der Waals surface area contributed by atoms with Crippen LogP contribution in [0.1, 0.15) is 20.8 Å². The fourth-order valence-electron chi connectivity index (χ4n) is 1.53. The molecule has 0 atom stereocenters. The fourth-order valence-corrected chi connectivity index (χ4v) is 1.53. The van der Waals surface area contributed by atoms with Gasteiger partial charge in [0.15, 0.2) is 5.69 Å². The molecule has 0 unspecified atom stereocenters. The second kappa shape index (κ2) is 5.45. The number of nitrogen functional groups attached to an aromatic ring is 1. The van der Waals surface area contributed by atoms with Gasteiger partial charge >= 0.3 is 0 Å². The molecular formula is C11H9F2N5O2. The first kappa shape index (κ1) is 13.6. The summed E-state index contributed by atoms with van der Waals surface area (Å²) in [4.78, 5) is 23.2. The lowest BCUT2D eigenvalue weighted by molar-refractivity contribution is 0.0949. The number of carbonyl (C=O) groups is 2. The van der Waals surface area contributed by atoms with Gasteiger partial charge in [0, 0.05) is 6.20 Å². The van der Waals surface area contributed by atoms with Gasteiger partial charge in [0.25, 0.3) is 11.8 Å². The van der Waals surface area contributed by atoms with Crippen molar-refractivity contribution in [3.8, 4) is 0 Å². The van der Waals surface area contributed by atoms with E-state index >= 15 is 0 Å². The van der Waals surface area contributed by atoms with Crippen molar-refractivity contribution < 1.29 is 18.4 Å². The minimum atomic E-state index is -1.05. The van der Waals surface area contributed by atoms with Gasteiger partial charge in [0.05, 0.1) is 5.69 Å². The Bertz CT molecular complexity index is 650. The van der Waals surface area contributed by atoms with Gasteiger partial charge in [-0.2, -0.15) is 5.10 Å². The number of nitrogens with two attached hydrogens (primary N) is 1. The number of amides is 2. The molecule has 0 aliphatic rings. The minimum Gasteiger partial charge on any atom is -0.318 e. The average Bonchev–Trinajstić information content (AvgIpc) is 2.85. The standard InChI is InChI=1S/C11H9F2N5O2/c12-5-2-1-3-6(13)8(5)10(19)16-7-4-15-18-9(7)11(20)17-14/h1-4H,14H2,(H,15,18)(H,16,19)(H,17,20). The molecule has 9 heteroatoms. The Morgan fingerprint density at radius 2 is 1.85 bits per heavy atom. The van der Waals surface area contributed by atoms with Crippen LogP contribution in [0.4, 0.5) is 14.5 Å². The topological polar surface area (TPSA) is 113 Å². The van der Waals surface area contributed by atoms with Gasteiger partial charge in [-0.3, -0.25) is 20.1 Å². The van der Waals surface area contributed by atoms with Crippen LogP contribution in [0.5, 0.6) is 0 Å².